The Labute approximate surface area is 133 Å². The van der Waals surface area contributed by atoms with E-state index in [2.05, 4.69) is 41.5 Å². The lowest BCUT2D eigenvalue weighted by Crippen LogP contribution is -2.18. The van der Waals surface area contributed by atoms with E-state index in [1.54, 1.807) is 0 Å². The molecule has 2 aromatic heterocycles. The molecule has 1 N–H and O–H groups in total. The molecule has 0 aliphatic rings. The largest absolute Gasteiger partial charge is 0.365 e. The van der Waals surface area contributed by atoms with Crippen LogP contribution in [0.25, 0.3) is 10.8 Å². The van der Waals surface area contributed by atoms with E-state index in [4.69, 9.17) is 11.6 Å². The lowest BCUT2D eigenvalue weighted by molar-refractivity contribution is 0.791. The van der Waals surface area contributed by atoms with Crippen molar-refractivity contribution in [1.29, 1.82) is 0 Å². The second kappa shape index (κ2) is 6.00. The third-order valence-electron chi connectivity index (χ3n) is 3.33. The molecule has 5 heteroatoms. The zero-order valence-electron chi connectivity index (χ0n) is 11.9. The van der Waals surface area contributed by atoms with E-state index in [0.29, 0.717) is 5.15 Å². The molecule has 0 aliphatic heterocycles. The molecule has 1 unspecified atom stereocenters. The van der Waals surface area contributed by atoms with Crippen LogP contribution in [-0.2, 0) is 6.42 Å². The SMILES string of the molecule is Cc1ccc(CC(C)Nc2nnc(Cl)c3ccccc23)s1. The number of nitrogens with one attached hydrogen (secondary N) is 1. The van der Waals surface area contributed by atoms with Gasteiger partial charge in [-0.1, -0.05) is 35.9 Å². The average Bonchev–Trinajstić information content (AvgIpc) is 2.87. The fourth-order valence-electron chi connectivity index (χ4n) is 2.36. The van der Waals surface area contributed by atoms with Crippen molar-refractivity contribution >= 4 is 39.5 Å². The van der Waals surface area contributed by atoms with Crippen molar-refractivity contribution < 1.29 is 0 Å². The smallest absolute Gasteiger partial charge is 0.159 e. The molecular weight excluding hydrogens is 302 g/mol. The van der Waals surface area contributed by atoms with Gasteiger partial charge in [-0.25, -0.2) is 0 Å². The van der Waals surface area contributed by atoms with Gasteiger partial charge in [0.25, 0.3) is 0 Å². The predicted octanol–water partition coefficient (Wildman–Crippen LogP) is 4.70. The van der Waals surface area contributed by atoms with Crippen molar-refractivity contribution in [3.8, 4) is 0 Å². The summed E-state index contributed by atoms with van der Waals surface area (Å²) in [7, 11) is 0. The molecule has 0 saturated heterocycles. The van der Waals surface area contributed by atoms with E-state index < -0.39 is 0 Å². The van der Waals surface area contributed by atoms with Gasteiger partial charge in [0, 0.05) is 33.0 Å². The van der Waals surface area contributed by atoms with Gasteiger partial charge in [-0.15, -0.1) is 21.5 Å². The first kappa shape index (κ1) is 14.3. The van der Waals surface area contributed by atoms with Gasteiger partial charge in [-0.3, -0.25) is 0 Å². The summed E-state index contributed by atoms with van der Waals surface area (Å²) in [6.45, 7) is 4.28. The van der Waals surface area contributed by atoms with Gasteiger partial charge in [0.2, 0.25) is 0 Å². The van der Waals surface area contributed by atoms with Gasteiger partial charge in [-0.05, 0) is 26.0 Å². The molecule has 0 bridgehead atoms. The summed E-state index contributed by atoms with van der Waals surface area (Å²) in [5.74, 6) is 0.788. The monoisotopic (exact) mass is 317 g/mol. The van der Waals surface area contributed by atoms with Crippen LogP contribution in [0.1, 0.15) is 16.7 Å². The molecule has 0 aliphatic carbocycles. The summed E-state index contributed by atoms with van der Waals surface area (Å²) in [5, 5.41) is 14.1. The van der Waals surface area contributed by atoms with Crippen molar-refractivity contribution in [3.63, 3.8) is 0 Å². The van der Waals surface area contributed by atoms with Gasteiger partial charge in [0.1, 0.15) is 0 Å². The van der Waals surface area contributed by atoms with Crippen molar-refractivity contribution in [2.45, 2.75) is 26.3 Å². The number of hydrogen-bond donors (Lipinski definition) is 1. The minimum Gasteiger partial charge on any atom is -0.365 e. The molecule has 2 heterocycles. The Morgan fingerprint density at radius 3 is 2.62 bits per heavy atom. The second-order valence-corrected chi connectivity index (χ2v) is 6.88. The van der Waals surface area contributed by atoms with Gasteiger partial charge < -0.3 is 5.32 Å². The van der Waals surface area contributed by atoms with Gasteiger partial charge in [0.05, 0.1) is 0 Å². The van der Waals surface area contributed by atoms with Crippen LogP contribution in [0, 0.1) is 6.92 Å². The third kappa shape index (κ3) is 3.17. The van der Waals surface area contributed by atoms with Crippen LogP contribution < -0.4 is 5.32 Å². The predicted molar refractivity (Wildman–Crippen MR) is 90.4 cm³/mol. The summed E-state index contributed by atoms with van der Waals surface area (Å²) in [6, 6.07) is 12.5. The van der Waals surface area contributed by atoms with Gasteiger partial charge in [0.15, 0.2) is 11.0 Å². The van der Waals surface area contributed by atoms with E-state index in [9.17, 15) is 0 Å². The molecule has 3 aromatic rings. The zero-order chi connectivity index (χ0) is 14.8. The number of benzene rings is 1. The van der Waals surface area contributed by atoms with Gasteiger partial charge >= 0.3 is 0 Å². The molecule has 0 spiro atoms. The van der Waals surface area contributed by atoms with E-state index in [0.717, 1.165) is 23.0 Å². The van der Waals surface area contributed by atoms with Crippen LogP contribution in [0.3, 0.4) is 0 Å². The van der Waals surface area contributed by atoms with Crippen molar-refractivity contribution in [3.05, 3.63) is 51.3 Å². The molecule has 1 aromatic carbocycles. The first-order valence-electron chi connectivity index (χ1n) is 6.86. The van der Waals surface area contributed by atoms with E-state index in [-0.39, 0.29) is 6.04 Å². The maximum absolute atomic E-state index is 6.10. The minimum absolute atomic E-state index is 0.280. The molecule has 1 atom stereocenters. The van der Waals surface area contributed by atoms with Crippen LogP contribution >= 0.6 is 22.9 Å². The topological polar surface area (TPSA) is 37.8 Å². The number of rotatable bonds is 4. The number of hydrogen-bond acceptors (Lipinski definition) is 4. The summed E-state index contributed by atoms with van der Waals surface area (Å²) >= 11 is 7.93. The Kier molecular flexibility index (Phi) is 4.08. The summed E-state index contributed by atoms with van der Waals surface area (Å²) in [5.41, 5.74) is 0. The Balaban J connectivity index is 1.83. The molecule has 0 radical (unpaired) electrons. The number of thiophene rings is 1. The van der Waals surface area contributed by atoms with Crippen molar-refractivity contribution in [2.24, 2.45) is 0 Å². The highest BCUT2D eigenvalue weighted by Crippen LogP contribution is 2.26. The number of nitrogens with zero attached hydrogens (tertiary/aromatic N) is 2. The molecule has 21 heavy (non-hydrogen) atoms. The summed E-state index contributed by atoms with van der Waals surface area (Å²) in [4.78, 5) is 2.72. The Hall–Kier alpha value is -1.65. The quantitative estimate of drug-likeness (QED) is 0.758. The fourth-order valence-corrected chi connectivity index (χ4v) is 3.58. The molecular formula is C16H16ClN3S. The Bertz CT molecular complexity index is 769. The van der Waals surface area contributed by atoms with Crippen LogP contribution in [0.15, 0.2) is 36.4 Å². The number of anilines is 1. The average molecular weight is 318 g/mol. The van der Waals surface area contributed by atoms with Crippen molar-refractivity contribution in [2.75, 3.05) is 5.32 Å². The number of aryl methyl sites for hydroxylation is 1. The molecule has 0 saturated carbocycles. The molecule has 108 valence electrons. The Morgan fingerprint density at radius 2 is 1.90 bits per heavy atom. The van der Waals surface area contributed by atoms with E-state index in [1.165, 1.54) is 9.75 Å². The van der Waals surface area contributed by atoms with Gasteiger partial charge in [-0.2, -0.15) is 0 Å². The third-order valence-corrected chi connectivity index (χ3v) is 4.63. The maximum atomic E-state index is 6.10. The minimum atomic E-state index is 0.280. The van der Waals surface area contributed by atoms with E-state index >= 15 is 0 Å². The standard InChI is InChI=1S/C16H16ClN3S/c1-10(9-12-8-7-11(2)21-12)18-16-14-6-4-3-5-13(14)15(17)19-20-16/h3-8,10H,9H2,1-2H3,(H,18,20). The van der Waals surface area contributed by atoms with E-state index in [1.807, 2.05) is 35.6 Å². The number of fused-ring (bicyclic) bond motifs is 1. The normalized spacial score (nSPS) is 12.5. The molecule has 3 nitrogen and oxygen atoms in total. The maximum Gasteiger partial charge on any atom is 0.159 e. The first-order valence-corrected chi connectivity index (χ1v) is 8.05. The lowest BCUT2D eigenvalue weighted by Gasteiger charge is -2.15. The van der Waals surface area contributed by atoms with Crippen LogP contribution in [0.4, 0.5) is 5.82 Å². The molecule has 3 rings (SSSR count). The Morgan fingerprint density at radius 1 is 1.14 bits per heavy atom. The molecule has 0 amide bonds. The second-order valence-electron chi connectivity index (χ2n) is 5.15. The highest BCUT2D eigenvalue weighted by atomic mass is 35.5. The lowest BCUT2D eigenvalue weighted by atomic mass is 10.1. The van der Waals surface area contributed by atoms with Crippen LogP contribution in [0.5, 0.6) is 0 Å². The molecule has 0 fully saturated rings. The number of aromatic nitrogens is 2. The van der Waals surface area contributed by atoms with Crippen LogP contribution in [0.2, 0.25) is 5.15 Å². The van der Waals surface area contributed by atoms with Crippen LogP contribution in [-0.4, -0.2) is 16.2 Å². The highest BCUT2D eigenvalue weighted by Gasteiger charge is 2.11. The summed E-state index contributed by atoms with van der Waals surface area (Å²) < 4.78 is 0. The number of halogens is 1. The zero-order valence-corrected chi connectivity index (χ0v) is 13.5. The first-order chi connectivity index (χ1) is 10.1. The summed E-state index contributed by atoms with van der Waals surface area (Å²) in [6.07, 6.45) is 0.969. The fraction of sp³-hybridized carbons (Fsp3) is 0.250. The highest BCUT2D eigenvalue weighted by molar-refractivity contribution is 7.11. The van der Waals surface area contributed by atoms with Crippen molar-refractivity contribution in [1.82, 2.24) is 10.2 Å².